The average Bonchev–Trinajstić information content (AvgIpc) is 3.08. The van der Waals surface area contributed by atoms with Crippen molar-refractivity contribution < 1.29 is 71.8 Å². The van der Waals surface area contributed by atoms with Crippen LogP contribution in [0.1, 0.15) is 103 Å². The summed E-state index contributed by atoms with van der Waals surface area (Å²) in [5.41, 5.74) is -5.29. The number of ketones is 1. The van der Waals surface area contributed by atoms with Crippen LogP contribution in [0.5, 0.6) is 0 Å². The molecule has 0 unspecified atom stereocenters. The number of ether oxygens (including phenoxy) is 6. The Bertz CT molecular complexity index is 1360. The van der Waals surface area contributed by atoms with E-state index in [4.69, 9.17) is 36.6 Å². The standard InChI is InChI=1S/C37H67NO13/c1-14-25-37(10,45)30(41)20(4)27(39)18(2)16-35(8,44)32(51-34-28(40)24(38(11)12)15-19(3)47-34)21(5)29(22(6)33(43)49-25)50-26-17-36(9,46-13)31(42)23(7)48-26/h18-26,28-32,34,40-42,44-45H,14-17H2,1-13H3/t18-,19-,20+,21+,22-,23+,24+,25-,26+,28-,29+,30-,31+,32-,34+,35-,36-,37-/m1/s1/i11D3,12D3. The summed E-state index contributed by atoms with van der Waals surface area (Å²) in [7, 11) is 1.42. The van der Waals surface area contributed by atoms with E-state index in [-0.39, 0.29) is 30.6 Å². The van der Waals surface area contributed by atoms with E-state index in [0.717, 1.165) is 0 Å². The van der Waals surface area contributed by atoms with E-state index in [1.807, 2.05) is 0 Å². The van der Waals surface area contributed by atoms with Crippen LogP contribution in [0.4, 0.5) is 0 Å². The summed E-state index contributed by atoms with van der Waals surface area (Å²) in [4.78, 5) is 28.3. The van der Waals surface area contributed by atoms with Gasteiger partial charge in [-0.1, -0.05) is 27.7 Å². The maximum absolute atomic E-state index is 14.2. The molecule has 0 aromatic heterocycles. The Morgan fingerprint density at radius 2 is 1.55 bits per heavy atom. The summed E-state index contributed by atoms with van der Waals surface area (Å²) in [6.07, 6.45) is -13.8. The Balaban J connectivity index is 2.23. The summed E-state index contributed by atoms with van der Waals surface area (Å²) < 4.78 is 84.6. The van der Waals surface area contributed by atoms with Crippen LogP contribution >= 0.6 is 0 Å². The van der Waals surface area contributed by atoms with Gasteiger partial charge < -0.3 is 58.9 Å². The molecule has 0 radical (unpaired) electrons. The maximum atomic E-state index is 14.2. The summed E-state index contributed by atoms with van der Waals surface area (Å²) in [6, 6.07) is -1.53. The number of carbonyl (C=O) groups excluding carboxylic acids is 2. The van der Waals surface area contributed by atoms with Crippen LogP contribution in [-0.4, -0.2) is 148 Å². The van der Waals surface area contributed by atoms with E-state index < -0.39 is 134 Å². The van der Waals surface area contributed by atoms with Gasteiger partial charge in [-0.05, 0) is 74.8 Å². The third kappa shape index (κ3) is 9.51. The Labute approximate surface area is 312 Å². The summed E-state index contributed by atoms with van der Waals surface area (Å²) in [5.74, 6) is -5.93. The fraction of sp³-hybridized carbons (Fsp3) is 0.946. The van der Waals surface area contributed by atoms with Gasteiger partial charge in [-0.25, -0.2) is 0 Å². The number of carbonyl (C=O) groups is 2. The van der Waals surface area contributed by atoms with Crippen LogP contribution in [0.25, 0.3) is 0 Å². The van der Waals surface area contributed by atoms with E-state index >= 15 is 0 Å². The molecule has 18 atom stereocenters. The first kappa shape index (κ1) is 35.4. The first-order valence-electron chi connectivity index (χ1n) is 21.0. The van der Waals surface area contributed by atoms with Crippen molar-refractivity contribution in [3.8, 4) is 0 Å². The highest BCUT2D eigenvalue weighted by molar-refractivity contribution is 5.83. The molecular formula is C37H67NO13. The van der Waals surface area contributed by atoms with Crippen LogP contribution in [0, 0.1) is 23.7 Å². The molecule has 0 amide bonds. The number of aliphatic hydroxyl groups excluding tert-OH is 3. The average molecular weight is 740 g/mol. The molecule has 3 heterocycles. The lowest BCUT2D eigenvalue weighted by Gasteiger charge is -2.49. The number of nitrogens with zero attached hydrogens (tertiary/aromatic N) is 1. The lowest BCUT2D eigenvalue weighted by atomic mass is 9.74. The molecule has 5 N–H and O–H groups in total. The molecule has 14 nitrogen and oxygen atoms in total. The first-order chi connectivity index (χ1) is 25.8. The maximum Gasteiger partial charge on any atom is 0.311 e. The van der Waals surface area contributed by atoms with Gasteiger partial charge in [-0.2, -0.15) is 0 Å². The van der Waals surface area contributed by atoms with Gasteiger partial charge in [-0.3, -0.25) is 9.59 Å². The van der Waals surface area contributed by atoms with Crippen LogP contribution < -0.4 is 0 Å². The zero-order valence-electron chi connectivity index (χ0n) is 37.9. The second-order valence-corrected chi connectivity index (χ2v) is 15.9. The highest BCUT2D eigenvalue weighted by Crippen LogP contribution is 2.40. The van der Waals surface area contributed by atoms with Gasteiger partial charge >= 0.3 is 5.97 Å². The van der Waals surface area contributed by atoms with E-state index in [0.29, 0.717) is 0 Å². The number of Topliss-reactive ketones (excluding diaryl/α,β-unsaturated/α-hetero) is 1. The van der Waals surface area contributed by atoms with Gasteiger partial charge in [0.1, 0.15) is 29.7 Å². The van der Waals surface area contributed by atoms with Crippen LogP contribution in [0.15, 0.2) is 0 Å². The quantitative estimate of drug-likeness (QED) is 0.237. The van der Waals surface area contributed by atoms with Crippen LogP contribution in [0.3, 0.4) is 0 Å². The third-order valence-electron chi connectivity index (χ3n) is 11.5. The summed E-state index contributed by atoms with van der Waals surface area (Å²) >= 11 is 0. The molecule has 0 aliphatic carbocycles. The van der Waals surface area contributed by atoms with Crippen molar-refractivity contribution >= 4 is 11.8 Å². The number of aliphatic hydroxyl groups is 5. The molecule has 0 bridgehead atoms. The highest BCUT2D eigenvalue weighted by atomic mass is 16.7. The van der Waals surface area contributed by atoms with Gasteiger partial charge in [0, 0.05) is 45.6 Å². The van der Waals surface area contributed by atoms with Gasteiger partial charge in [-0.15, -0.1) is 0 Å². The van der Waals surface area contributed by atoms with Crippen LogP contribution in [-0.2, 0) is 38.0 Å². The number of hydrogen-bond acceptors (Lipinski definition) is 14. The minimum atomic E-state index is -3.17. The number of rotatable bonds is 7. The first-order valence-corrected chi connectivity index (χ1v) is 18.0. The van der Waals surface area contributed by atoms with Crippen molar-refractivity contribution in [2.75, 3.05) is 21.1 Å². The zero-order chi connectivity index (χ0) is 44.0. The molecule has 14 heteroatoms. The van der Waals surface area contributed by atoms with Crippen LogP contribution in [0.2, 0.25) is 0 Å². The van der Waals surface area contributed by atoms with E-state index in [9.17, 15) is 35.1 Å². The monoisotopic (exact) mass is 739 g/mol. The van der Waals surface area contributed by atoms with Gasteiger partial charge in [0.25, 0.3) is 0 Å². The summed E-state index contributed by atoms with van der Waals surface area (Å²) in [6.45, 7) is 8.76. The van der Waals surface area contributed by atoms with Gasteiger partial charge in [0.15, 0.2) is 12.6 Å². The lowest BCUT2D eigenvalue weighted by molar-refractivity contribution is -0.318. The Morgan fingerprint density at radius 3 is 2.12 bits per heavy atom. The number of likely N-dealkylation sites (N-methyl/N-ethyl adjacent to an activating group) is 1. The normalized spacial score (nSPS) is 52.0. The van der Waals surface area contributed by atoms with Crippen molar-refractivity contribution in [1.82, 2.24) is 4.90 Å². The topological polar surface area (TPSA) is 194 Å². The Morgan fingerprint density at radius 1 is 0.922 bits per heavy atom. The molecule has 0 aromatic carbocycles. The smallest absolute Gasteiger partial charge is 0.311 e. The number of hydrogen-bond donors (Lipinski definition) is 5. The SMILES string of the molecule is [2H]C([2H])([2H])N([C@H]1C[C@@H](C)O[C@@H](O[C@@H]2[C@@H](C)[C@H](O[C@H]3C[C@@](C)(OC)[C@@H](O)[C@H](C)O3)[C@@H](C)C(=O)O[C@H](CC)[C@@](C)(O)[C@H](O)[C@@H](C)C(=O)[C@H](C)C[C@@]2(C)O)[C@@H]1O)C([2H])([2H])[2H]. The fourth-order valence-electron chi connectivity index (χ4n) is 8.15. The lowest BCUT2D eigenvalue weighted by Crippen LogP contribution is -2.61. The molecule has 0 aromatic rings. The summed E-state index contributed by atoms with van der Waals surface area (Å²) in [5, 5.41) is 58.0. The number of cyclic esters (lactones) is 1. The van der Waals surface area contributed by atoms with Crippen molar-refractivity contribution in [2.45, 2.75) is 179 Å². The molecule has 298 valence electrons. The van der Waals surface area contributed by atoms with E-state index in [1.165, 1.54) is 41.7 Å². The molecule has 51 heavy (non-hydrogen) atoms. The van der Waals surface area contributed by atoms with Gasteiger partial charge in [0.2, 0.25) is 0 Å². The van der Waals surface area contributed by atoms with E-state index in [2.05, 4.69) is 0 Å². The van der Waals surface area contributed by atoms with Crippen molar-refractivity contribution in [3.05, 3.63) is 0 Å². The highest BCUT2D eigenvalue weighted by Gasteiger charge is 2.53. The molecule has 3 saturated heterocycles. The molecule has 3 fully saturated rings. The molecule has 3 rings (SSSR count). The third-order valence-corrected chi connectivity index (χ3v) is 11.5. The van der Waals surface area contributed by atoms with Crippen molar-refractivity contribution in [2.24, 2.45) is 23.7 Å². The predicted molar refractivity (Wildman–Crippen MR) is 186 cm³/mol. The van der Waals surface area contributed by atoms with Gasteiger partial charge in [0.05, 0.1) is 47.6 Å². The van der Waals surface area contributed by atoms with Crippen molar-refractivity contribution in [3.63, 3.8) is 0 Å². The molecular weight excluding hydrogens is 666 g/mol. The number of esters is 1. The molecule has 0 saturated carbocycles. The second-order valence-electron chi connectivity index (χ2n) is 15.9. The molecule has 3 aliphatic rings. The predicted octanol–water partition coefficient (Wildman–Crippen LogP) is 1.79. The minimum Gasteiger partial charge on any atom is -0.459 e. The second kappa shape index (κ2) is 17.0. The molecule has 3 aliphatic heterocycles. The van der Waals surface area contributed by atoms with Crippen molar-refractivity contribution in [1.29, 1.82) is 0 Å². The molecule has 0 spiro atoms. The minimum absolute atomic E-state index is 0.0203. The Hall–Kier alpha value is -1.30. The zero-order valence-corrected chi connectivity index (χ0v) is 31.9. The fourth-order valence-corrected chi connectivity index (χ4v) is 8.15. The van der Waals surface area contributed by atoms with E-state index in [1.54, 1.807) is 34.6 Å². The largest absolute Gasteiger partial charge is 0.459 e. The Kier molecular flexibility index (Phi) is 11.8. The number of methoxy groups -OCH3 is 1.